The molecule has 0 radical (unpaired) electrons. The number of hydrogen-bond acceptors (Lipinski definition) is 2. The van der Waals surface area contributed by atoms with Crippen molar-refractivity contribution in [2.75, 3.05) is 13.2 Å². The maximum absolute atomic E-state index is 14.8. The molecule has 0 amide bonds. The second kappa shape index (κ2) is 9.64. The molecule has 3 rings (SSSR count). The molecule has 0 unspecified atom stereocenters. The molecule has 0 aromatic heterocycles. The first kappa shape index (κ1) is 22.3. The standard InChI is InChI=1S/C24H19F5O2/c1-3-5-12-31-18-11-8-15-13-17(22(27)24(29)19(15)23(18)28)21(26)20(25)14-6-9-16(10-7-14)30-4-2/h3,5-11,13H,4,12H2,1-2H3. The fourth-order valence-electron chi connectivity index (χ4n) is 2.98. The van der Waals surface area contributed by atoms with Gasteiger partial charge in [-0.3, -0.25) is 0 Å². The van der Waals surface area contributed by atoms with Crippen LogP contribution in [0, 0.1) is 17.5 Å². The predicted octanol–water partition coefficient (Wildman–Crippen LogP) is 7.38. The molecule has 0 saturated carbocycles. The first-order valence-electron chi connectivity index (χ1n) is 9.52. The summed E-state index contributed by atoms with van der Waals surface area (Å²) in [5.41, 5.74) is -1.13. The van der Waals surface area contributed by atoms with Gasteiger partial charge in [0.15, 0.2) is 34.9 Å². The molecule has 2 nitrogen and oxygen atoms in total. The van der Waals surface area contributed by atoms with E-state index in [0.717, 1.165) is 6.07 Å². The Morgan fingerprint density at radius 3 is 2.23 bits per heavy atom. The van der Waals surface area contributed by atoms with Crippen LogP contribution in [0.4, 0.5) is 22.0 Å². The topological polar surface area (TPSA) is 18.5 Å². The molecule has 3 aromatic rings. The van der Waals surface area contributed by atoms with Crippen LogP contribution in [0.15, 0.2) is 54.6 Å². The monoisotopic (exact) mass is 434 g/mol. The zero-order valence-electron chi connectivity index (χ0n) is 16.8. The number of rotatable bonds is 7. The summed E-state index contributed by atoms with van der Waals surface area (Å²) in [4.78, 5) is 0. The van der Waals surface area contributed by atoms with Crippen LogP contribution in [0.2, 0.25) is 0 Å². The van der Waals surface area contributed by atoms with Crippen molar-refractivity contribution in [1.82, 2.24) is 0 Å². The molecule has 0 aliphatic rings. The molecule has 0 N–H and O–H groups in total. The minimum Gasteiger partial charge on any atom is -0.494 e. The lowest BCUT2D eigenvalue weighted by molar-refractivity contribution is 0.340. The Hall–Kier alpha value is -3.35. The van der Waals surface area contributed by atoms with Gasteiger partial charge >= 0.3 is 0 Å². The third-order valence-electron chi connectivity index (χ3n) is 4.51. The maximum Gasteiger partial charge on any atom is 0.175 e. The quantitative estimate of drug-likeness (QED) is 0.220. The van der Waals surface area contributed by atoms with E-state index in [4.69, 9.17) is 9.47 Å². The molecule has 7 heteroatoms. The normalized spacial score (nSPS) is 12.4. The van der Waals surface area contributed by atoms with Crippen molar-refractivity contribution in [1.29, 1.82) is 0 Å². The maximum atomic E-state index is 14.8. The van der Waals surface area contributed by atoms with Crippen molar-refractivity contribution < 1.29 is 31.4 Å². The van der Waals surface area contributed by atoms with Gasteiger partial charge in [-0.25, -0.2) is 22.0 Å². The minimum atomic E-state index is -1.70. The first-order valence-corrected chi connectivity index (χ1v) is 9.52. The van der Waals surface area contributed by atoms with Crippen LogP contribution >= 0.6 is 0 Å². The van der Waals surface area contributed by atoms with E-state index in [-0.39, 0.29) is 23.3 Å². The fraction of sp³-hybridized carbons (Fsp3) is 0.167. The van der Waals surface area contributed by atoms with Crippen LogP contribution in [-0.4, -0.2) is 13.2 Å². The van der Waals surface area contributed by atoms with Gasteiger partial charge in [0.25, 0.3) is 0 Å². The SMILES string of the molecule is CC=CCOc1ccc2cc(C(F)=C(F)c3ccc(OCC)cc3)c(F)c(F)c2c1F. The van der Waals surface area contributed by atoms with Gasteiger partial charge in [-0.1, -0.05) is 18.2 Å². The lowest BCUT2D eigenvalue weighted by Gasteiger charge is -2.11. The van der Waals surface area contributed by atoms with E-state index in [1.54, 1.807) is 26.0 Å². The Morgan fingerprint density at radius 1 is 0.871 bits per heavy atom. The van der Waals surface area contributed by atoms with Gasteiger partial charge in [-0.05, 0) is 55.6 Å². The van der Waals surface area contributed by atoms with Gasteiger partial charge in [0.2, 0.25) is 0 Å². The lowest BCUT2D eigenvalue weighted by Crippen LogP contribution is -2.00. The van der Waals surface area contributed by atoms with E-state index in [1.165, 1.54) is 36.4 Å². The van der Waals surface area contributed by atoms with Crippen molar-refractivity contribution >= 4 is 22.4 Å². The number of allylic oxidation sites excluding steroid dienone is 1. The van der Waals surface area contributed by atoms with Crippen molar-refractivity contribution in [3.8, 4) is 11.5 Å². The van der Waals surface area contributed by atoms with Gasteiger partial charge in [-0.2, -0.15) is 0 Å². The Labute approximate surface area is 176 Å². The number of hydrogen-bond donors (Lipinski definition) is 0. The van der Waals surface area contributed by atoms with Crippen LogP contribution in [0.3, 0.4) is 0 Å². The fourth-order valence-corrected chi connectivity index (χ4v) is 2.98. The highest BCUT2D eigenvalue weighted by atomic mass is 19.2. The summed E-state index contributed by atoms with van der Waals surface area (Å²) in [6.07, 6.45) is 3.28. The van der Waals surface area contributed by atoms with Crippen molar-refractivity contribution in [3.05, 3.63) is 83.2 Å². The molecule has 0 heterocycles. The molecular weight excluding hydrogens is 415 g/mol. The van der Waals surface area contributed by atoms with Crippen LogP contribution in [-0.2, 0) is 0 Å². The van der Waals surface area contributed by atoms with Crippen molar-refractivity contribution in [3.63, 3.8) is 0 Å². The van der Waals surface area contributed by atoms with Gasteiger partial charge < -0.3 is 9.47 Å². The van der Waals surface area contributed by atoms with Crippen LogP contribution in [0.5, 0.6) is 11.5 Å². The summed E-state index contributed by atoms with van der Waals surface area (Å²) in [6, 6.07) is 8.67. The second-order valence-electron chi connectivity index (χ2n) is 6.49. The van der Waals surface area contributed by atoms with Gasteiger partial charge in [0.1, 0.15) is 12.4 Å². The molecule has 0 aliphatic heterocycles. The summed E-state index contributed by atoms with van der Waals surface area (Å²) < 4.78 is 83.7. The average Bonchev–Trinajstić information content (AvgIpc) is 2.77. The van der Waals surface area contributed by atoms with Gasteiger partial charge in [0, 0.05) is 5.56 Å². The Balaban J connectivity index is 2.06. The third kappa shape index (κ3) is 4.55. The van der Waals surface area contributed by atoms with E-state index in [0.29, 0.717) is 12.4 Å². The zero-order valence-corrected chi connectivity index (χ0v) is 16.8. The number of fused-ring (bicyclic) bond motifs is 1. The van der Waals surface area contributed by atoms with Crippen molar-refractivity contribution in [2.24, 2.45) is 0 Å². The van der Waals surface area contributed by atoms with Gasteiger partial charge in [0.05, 0.1) is 17.6 Å². The Bertz CT molecular complexity index is 1150. The van der Waals surface area contributed by atoms with Crippen LogP contribution < -0.4 is 9.47 Å². The smallest absolute Gasteiger partial charge is 0.175 e. The van der Waals surface area contributed by atoms with Crippen LogP contribution in [0.1, 0.15) is 25.0 Å². The Kier molecular flexibility index (Phi) is 6.95. The highest BCUT2D eigenvalue weighted by Crippen LogP contribution is 2.37. The first-order chi connectivity index (χ1) is 14.9. The van der Waals surface area contributed by atoms with E-state index in [2.05, 4.69) is 0 Å². The largest absolute Gasteiger partial charge is 0.494 e. The summed E-state index contributed by atoms with van der Waals surface area (Å²) >= 11 is 0. The zero-order chi connectivity index (χ0) is 22.5. The van der Waals surface area contributed by atoms with Gasteiger partial charge in [-0.15, -0.1) is 0 Å². The lowest BCUT2D eigenvalue weighted by atomic mass is 10.0. The highest BCUT2D eigenvalue weighted by Gasteiger charge is 2.23. The molecule has 0 spiro atoms. The molecule has 0 saturated heterocycles. The molecule has 3 aromatic carbocycles. The Morgan fingerprint density at radius 2 is 1.58 bits per heavy atom. The van der Waals surface area contributed by atoms with Crippen molar-refractivity contribution in [2.45, 2.75) is 13.8 Å². The van der Waals surface area contributed by atoms with E-state index < -0.39 is 40.1 Å². The number of benzene rings is 3. The number of halogens is 5. The third-order valence-corrected chi connectivity index (χ3v) is 4.51. The van der Waals surface area contributed by atoms with E-state index >= 15 is 0 Å². The molecule has 0 bridgehead atoms. The molecule has 0 atom stereocenters. The summed E-state index contributed by atoms with van der Waals surface area (Å²) in [5.74, 6) is -7.27. The average molecular weight is 434 g/mol. The minimum absolute atomic E-state index is 0.0335. The summed E-state index contributed by atoms with van der Waals surface area (Å²) in [5, 5.41) is -0.840. The van der Waals surface area contributed by atoms with E-state index in [1.807, 2.05) is 0 Å². The molecule has 31 heavy (non-hydrogen) atoms. The highest BCUT2D eigenvalue weighted by molar-refractivity contribution is 5.91. The molecule has 0 fully saturated rings. The predicted molar refractivity (Wildman–Crippen MR) is 111 cm³/mol. The summed E-state index contributed by atoms with van der Waals surface area (Å²) in [6.45, 7) is 3.94. The second-order valence-corrected chi connectivity index (χ2v) is 6.49. The molecule has 162 valence electrons. The number of ether oxygens (including phenoxy) is 2. The van der Waals surface area contributed by atoms with Crippen LogP contribution in [0.25, 0.3) is 22.4 Å². The van der Waals surface area contributed by atoms with E-state index in [9.17, 15) is 22.0 Å². The molecule has 0 aliphatic carbocycles. The molecular formula is C24H19F5O2. The summed E-state index contributed by atoms with van der Waals surface area (Å²) in [7, 11) is 0.